The largest absolute Gasteiger partial charge is 0.356 e. The van der Waals surface area contributed by atoms with Crippen LogP contribution < -0.4 is 5.32 Å². The monoisotopic (exact) mass is 319 g/mol. The lowest BCUT2D eigenvalue weighted by atomic mass is 9.97. The predicted molar refractivity (Wildman–Crippen MR) is 84.4 cm³/mol. The maximum absolute atomic E-state index is 13.0. The van der Waals surface area contributed by atoms with Crippen LogP contribution in [0.5, 0.6) is 0 Å². The summed E-state index contributed by atoms with van der Waals surface area (Å²) in [5.74, 6) is 0.814. The first-order chi connectivity index (χ1) is 10.8. The molecule has 0 saturated heterocycles. The van der Waals surface area contributed by atoms with Gasteiger partial charge in [-0.3, -0.25) is 4.79 Å². The van der Waals surface area contributed by atoms with Crippen molar-refractivity contribution in [2.45, 2.75) is 45.4 Å². The predicted octanol–water partition coefficient (Wildman–Crippen LogP) is 2.80. The fourth-order valence-corrected chi connectivity index (χ4v) is 2.01. The lowest BCUT2D eigenvalue weighted by molar-refractivity contribution is -0.121. The number of aromatic nitrogens is 2. The molecule has 0 unspecified atom stereocenters. The van der Waals surface area contributed by atoms with E-state index in [2.05, 4.69) is 15.5 Å². The van der Waals surface area contributed by atoms with E-state index < -0.39 is 0 Å². The van der Waals surface area contributed by atoms with Gasteiger partial charge in [0, 0.05) is 24.8 Å². The number of benzene rings is 1. The molecule has 2 rings (SSSR count). The SMILES string of the molecule is CC(C)(C)c1nc(CCNC(=O)CCc2cccc(F)c2)no1. The highest BCUT2D eigenvalue weighted by Crippen LogP contribution is 2.19. The summed E-state index contributed by atoms with van der Waals surface area (Å²) in [4.78, 5) is 16.1. The van der Waals surface area contributed by atoms with Gasteiger partial charge < -0.3 is 9.84 Å². The Bertz CT molecular complexity index is 662. The molecule has 0 aliphatic rings. The van der Waals surface area contributed by atoms with Gasteiger partial charge in [0.15, 0.2) is 5.82 Å². The summed E-state index contributed by atoms with van der Waals surface area (Å²) in [6.45, 7) is 6.44. The molecule has 1 heterocycles. The minimum absolute atomic E-state index is 0.0752. The molecule has 0 aliphatic carbocycles. The first-order valence-electron chi connectivity index (χ1n) is 7.69. The number of nitrogens with one attached hydrogen (secondary N) is 1. The maximum atomic E-state index is 13.0. The number of hydrogen-bond donors (Lipinski definition) is 1. The van der Waals surface area contributed by atoms with Crippen molar-refractivity contribution in [3.63, 3.8) is 0 Å². The van der Waals surface area contributed by atoms with Gasteiger partial charge in [-0.05, 0) is 24.1 Å². The molecule has 5 nitrogen and oxygen atoms in total. The molecule has 0 spiro atoms. The maximum Gasteiger partial charge on any atom is 0.232 e. The first-order valence-corrected chi connectivity index (χ1v) is 7.69. The third-order valence-corrected chi connectivity index (χ3v) is 3.31. The van der Waals surface area contributed by atoms with Crippen LogP contribution in [0.2, 0.25) is 0 Å². The van der Waals surface area contributed by atoms with Crippen LogP contribution in [0.3, 0.4) is 0 Å². The zero-order chi connectivity index (χ0) is 16.9. The summed E-state index contributed by atoms with van der Waals surface area (Å²) in [6.07, 6.45) is 1.36. The van der Waals surface area contributed by atoms with E-state index in [9.17, 15) is 9.18 Å². The van der Waals surface area contributed by atoms with Gasteiger partial charge in [-0.1, -0.05) is 38.1 Å². The number of hydrogen-bond acceptors (Lipinski definition) is 4. The third kappa shape index (κ3) is 5.47. The summed E-state index contributed by atoms with van der Waals surface area (Å²) >= 11 is 0. The van der Waals surface area contributed by atoms with Crippen molar-refractivity contribution in [3.05, 3.63) is 47.4 Å². The Morgan fingerprint density at radius 2 is 2.09 bits per heavy atom. The van der Waals surface area contributed by atoms with E-state index in [4.69, 9.17) is 4.52 Å². The zero-order valence-electron chi connectivity index (χ0n) is 13.7. The Kier molecular flexibility index (Phi) is 5.47. The van der Waals surface area contributed by atoms with E-state index in [-0.39, 0.29) is 17.1 Å². The number of rotatable bonds is 6. The van der Waals surface area contributed by atoms with Gasteiger partial charge in [-0.2, -0.15) is 4.98 Å². The molecule has 1 aromatic carbocycles. The molecular weight excluding hydrogens is 297 g/mol. The van der Waals surface area contributed by atoms with Gasteiger partial charge in [-0.15, -0.1) is 0 Å². The Balaban J connectivity index is 1.71. The van der Waals surface area contributed by atoms with Crippen molar-refractivity contribution in [3.8, 4) is 0 Å². The fraction of sp³-hybridized carbons (Fsp3) is 0.471. The smallest absolute Gasteiger partial charge is 0.232 e. The van der Waals surface area contributed by atoms with Crippen molar-refractivity contribution >= 4 is 5.91 Å². The number of amides is 1. The Labute approximate surface area is 135 Å². The summed E-state index contributed by atoms with van der Waals surface area (Å²) in [5, 5.41) is 6.71. The van der Waals surface area contributed by atoms with E-state index in [1.165, 1.54) is 12.1 Å². The van der Waals surface area contributed by atoms with Crippen LogP contribution in [0, 0.1) is 5.82 Å². The van der Waals surface area contributed by atoms with E-state index in [0.29, 0.717) is 37.5 Å². The Morgan fingerprint density at radius 1 is 1.30 bits per heavy atom. The Morgan fingerprint density at radius 3 is 2.74 bits per heavy atom. The van der Waals surface area contributed by atoms with Gasteiger partial charge in [0.05, 0.1) is 0 Å². The highest BCUT2D eigenvalue weighted by molar-refractivity contribution is 5.76. The van der Waals surface area contributed by atoms with Crippen LogP contribution in [0.25, 0.3) is 0 Å². The van der Waals surface area contributed by atoms with Crippen molar-refractivity contribution in [1.29, 1.82) is 0 Å². The van der Waals surface area contributed by atoms with Crippen molar-refractivity contribution in [2.24, 2.45) is 0 Å². The number of nitrogens with zero attached hydrogens (tertiary/aromatic N) is 2. The molecule has 0 bridgehead atoms. The van der Waals surface area contributed by atoms with E-state index >= 15 is 0 Å². The second-order valence-electron chi connectivity index (χ2n) is 6.50. The highest BCUT2D eigenvalue weighted by Gasteiger charge is 2.21. The molecule has 2 aromatic rings. The second kappa shape index (κ2) is 7.35. The molecule has 1 amide bonds. The van der Waals surface area contributed by atoms with E-state index in [0.717, 1.165) is 5.56 Å². The number of carbonyl (C=O) groups is 1. The molecule has 6 heteroatoms. The van der Waals surface area contributed by atoms with Gasteiger partial charge >= 0.3 is 0 Å². The molecule has 0 fully saturated rings. The number of halogens is 1. The second-order valence-corrected chi connectivity index (χ2v) is 6.50. The minimum Gasteiger partial charge on any atom is -0.356 e. The van der Waals surface area contributed by atoms with E-state index in [1.807, 2.05) is 26.8 Å². The van der Waals surface area contributed by atoms with Gasteiger partial charge in [0.25, 0.3) is 0 Å². The minimum atomic E-state index is -0.283. The van der Waals surface area contributed by atoms with Crippen LogP contribution in [0.4, 0.5) is 4.39 Å². The number of aryl methyl sites for hydroxylation is 1. The van der Waals surface area contributed by atoms with Crippen LogP contribution in [0.1, 0.15) is 44.5 Å². The van der Waals surface area contributed by atoms with E-state index in [1.54, 1.807) is 6.07 Å². The molecule has 0 atom stereocenters. The molecule has 1 N–H and O–H groups in total. The molecular formula is C17H22FN3O2. The highest BCUT2D eigenvalue weighted by atomic mass is 19.1. The van der Waals surface area contributed by atoms with Gasteiger partial charge in [0.1, 0.15) is 5.82 Å². The van der Waals surface area contributed by atoms with Crippen LogP contribution in [-0.4, -0.2) is 22.6 Å². The molecule has 1 aromatic heterocycles. The normalized spacial score (nSPS) is 11.5. The van der Waals surface area contributed by atoms with Crippen LogP contribution in [-0.2, 0) is 23.1 Å². The van der Waals surface area contributed by atoms with Crippen LogP contribution in [0.15, 0.2) is 28.8 Å². The van der Waals surface area contributed by atoms with Crippen molar-refractivity contribution < 1.29 is 13.7 Å². The van der Waals surface area contributed by atoms with Gasteiger partial charge in [0.2, 0.25) is 11.8 Å². The van der Waals surface area contributed by atoms with Crippen molar-refractivity contribution in [1.82, 2.24) is 15.5 Å². The summed E-state index contributed by atoms with van der Waals surface area (Å²) < 4.78 is 18.2. The topological polar surface area (TPSA) is 68.0 Å². The Hall–Kier alpha value is -2.24. The summed E-state index contributed by atoms with van der Waals surface area (Å²) in [5.41, 5.74) is 0.632. The van der Waals surface area contributed by atoms with Crippen molar-refractivity contribution in [2.75, 3.05) is 6.54 Å². The standard InChI is InChI=1S/C17H22FN3O2/c1-17(2,3)16-20-14(21-23-16)9-10-19-15(22)8-7-12-5-4-6-13(18)11-12/h4-6,11H,7-10H2,1-3H3,(H,19,22). The quantitative estimate of drug-likeness (QED) is 0.889. The molecule has 0 aliphatic heterocycles. The zero-order valence-corrected chi connectivity index (χ0v) is 13.7. The molecule has 23 heavy (non-hydrogen) atoms. The summed E-state index contributed by atoms with van der Waals surface area (Å²) in [7, 11) is 0. The lowest BCUT2D eigenvalue weighted by Crippen LogP contribution is -2.26. The average Bonchev–Trinajstić information content (AvgIpc) is 2.94. The molecule has 0 radical (unpaired) electrons. The molecule has 0 saturated carbocycles. The average molecular weight is 319 g/mol. The fourth-order valence-electron chi connectivity index (χ4n) is 2.01. The number of carbonyl (C=O) groups excluding carboxylic acids is 1. The van der Waals surface area contributed by atoms with Gasteiger partial charge in [-0.25, -0.2) is 4.39 Å². The lowest BCUT2D eigenvalue weighted by Gasteiger charge is -2.10. The van der Waals surface area contributed by atoms with Crippen LogP contribution >= 0.6 is 0 Å². The summed E-state index contributed by atoms with van der Waals surface area (Å²) in [6, 6.07) is 6.29. The first kappa shape index (κ1) is 17.1. The third-order valence-electron chi connectivity index (χ3n) is 3.31. The molecule has 124 valence electrons.